The van der Waals surface area contributed by atoms with E-state index in [1.54, 1.807) is 24.4 Å². The smallest absolute Gasteiger partial charge is 0.267 e. The molecular weight excluding hydrogens is 357 g/mol. The molecule has 1 amide bonds. The highest BCUT2D eigenvalue weighted by Crippen LogP contribution is 2.28. The largest absolute Gasteiger partial charge is 0.346 e. The van der Waals surface area contributed by atoms with Crippen LogP contribution in [0.15, 0.2) is 54.2 Å². The van der Waals surface area contributed by atoms with Crippen molar-refractivity contribution in [3.05, 3.63) is 69.8 Å². The molecule has 25 heavy (non-hydrogen) atoms. The summed E-state index contributed by atoms with van der Waals surface area (Å²) in [6.45, 7) is 0.766. The number of anilines is 2. The van der Waals surface area contributed by atoms with Crippen LogP contribution in [0.4, 0.5) is 11.4 Å². The summed E-state index contributed by atoms with van der Waals surface area (Å²) in [7, 11) is 0. The lowest BCUT2D eigenvalue weighted by molar-refractivity contribution is -0.112. The van der Waals surface area contributed by atoms with Crippen molar-refractivity contribution in [2.45, 2.75) is 12.8 Å². The van der Waals surface area contributed by atoms with Gasteiger partial charge < -0.3 is 10.2 Å². The molecule has 0 fully saturated rings. The summed E-state index contributed by atoms with van der Waals surface area (Å²) < 4.78 is 0. The third kappa shape index (κ3) is 3.96. The van der Waals surface area contributed by atoms with E-state index in [2.05, 4.69) is 11.4 Å². The maximum Gasteiger partial charge on any atom is 0.267 e. The van der Waals surface area contributed by atoms with Gasteiger partial charge in [0.05, 0.1) is 10.0 Å². The van der Waals surface area contributed by atoms with Crippen LogP contribution in [0.1, 0.15) is 12.0 Å². The topological polar surface area (TPSA) is 56.1 Å². The van der Waals surface area contributed by atoms with Gasteiger partial charge in [-0.3, -0.25) is 4.79 Å². The van der Waals surface area contributed by atoms with Gasteiger partial charge in [-0.25, -0.2) is 0 Å². The molecule has 6 heteroatoms. The van der Waals surface area contributed by atoms with Gasteiger partial charge in [-0.05, 0) is 42.7 Å². The fourth-order valence-corrected chi connectivity index (χ4v) is 3.06. The molecule has 2 aromatic rings. The molecule has 1 aliphatic rings. The lowest BCUT2D eigenvalue weighted by Crippen LogP contribution is -2.26. The second-order valence-corrected chi connectivity index (χ2v) is 6.48. The number of carbonyl (C=O) groups excluding carboxylic acids is 1. The Morgan fingerprint density at radius 3 is 2.76 bits per heavy atom. The molecule has 0 aliphatic carbocycles. The quantitative estimate of drug-likeness (QED) is 0.623. The van der Waals surface area contributed by atoms with Crippen LogP contribution in [0, 0.1) is 11.3 Å². The van der Waals surface area contributed by atoms with Crippen molar-refractivity contribution in [3.63, 3.8) is 0 Å². The van der Waals surface area contributed by atoms with Gasteiger partial charge in [-0.15, -0.1) is 0 Å². The molecular formula is C19H15Cl2N3O. The first-order chi connectivity index (χ1) is 12.1. The molecule has 1 aliphatic heterocycles. The van der Waals surface area contributed by atoms with Crippen LogP contribution >= 0.6 is 23.2 Å². The Morgan fingerprint density at radius 2 is 2.00 bits per heavy atom. The molecule has 0 radical (unpaired) electrons. The number of halogens is 2. The molecule has 0 spiro atoms. The molecule has 0 bridgehead atoms. The summed E-state index contributed by atoms with van der Waals surface area (Å²) in [5.41, 5.74) is 2.76. The van der Waals surface area contributed by atoms with Gasteiger partial charge in [-0.1, -0.05) is 41.4 Å². The van der Waals surface area contributed by atoms with Crippen LogP contribution in [0.25, 0.3) is 0 Å². The first-order valence-electron chi connectivity index (χ1n) is 7.81. The molecule has 1 N–H and O–H groups in total. The summed E-state index contributed by atoms with van der Waals surface area (Å²) in [5, 5.41) is 12.8. The third-order valence-corrected chi connectivity index (χ3v) is 4.71. The molecule has 0 saturated carbocycles. The Balaban J connectivity index is 1.82. The number of carbonyl (C=O) groups is 1. The molecule has 126 valence electrons. The fraction of sp³-hybridized carbons (Fsp3) is 0.158. The number of para-hydroxylation sites is 1. The fourth-order valence-electron chi connectivity index (χ4n) is 2.76. The second kappa shape index (κ2) is 7.60. The summed E-state index contributed by atoms with van der Waals surface area (Å²) in [4.78, 5) is 14.4. The monoisotopic (exact) mass is 371 g/mol. The highest BCUT2D eigenvalue weighted by molar-refractivity contribution is 6.42. The summed E-state index contributed by atoms with van der Waals surface area (Å²) in [6.07, 6.45) is 3.57. The number of nitriles is 1. The zero-order chi connectivity index (χ0) is 17.8. The van der Waals surface area contributed by atoms with E-state index in [0.29, 0.717) is 15.7 Å². The number of amides is 1. The van der Waals surface area contributed by atoms with E-state index in [9.17, 15) is 10.1 Å². The molecule has 1 heterocycles. The molecule has 0 unspecified atom stereocenters. The second-order valence-electron chi connectivity index (χ2n) is 5.66. The van der Waals surface area contributed by atoms with Gasteiger partial charge in [0.1, 0.15) is 11.6 Å². The zero-order valence-electron chi connectivity index (χ0n) is 13.3. The Labute approximate surface area is 156 Å². The van der Waals surface area contributed by atoms with Gasteiger partial charge in [0.15, 0.2) is 0 Å². The summed E-state index contributed by atoms with van der Waals surface area (Å²) in [5.74, 6) is -0.482. The van der Waals surface area contributed by atoms with E-state index in [1.807, 2.05) is 29.2 Å². The van der Waals surface area contributed by atoms with Crippen LogP contribution in [-0.4, -0.2) is 12.5 Å². The number of nitrogens with one attached hydrogen (secondary N) is 1. The summed E-state index contributed by atoms with van der Waals surface area (Å²) >= 11 is 11.8. The standard InChI is InChI=1S/C19H15Cl2N3O/c20-16-8-7-15(10-17(16)21)23-19(25)14(11-22)12-24-9-3-5-13-4-1-2-6-18(13)24/h1-2,4,6-8,10,12H,3,5,9H2,(H,23,25)/b14-12-. The predicted molar refractivity (Wildman–Crippen MR) is 101 cm³/mol. The number of benzene rings is 2. The predicted octanol–water partition coefficient (Wildman–Crippen LogP) is 4.79. The van der Waals surface area contributed by atoms with Gasteiger partial charge in [-0.2, -0.15) is 5.26 Å². The molecule has 0 saturated heterocycles. The van der Waals surface area contributed by atoms with Crippen molar-refractivity contribution in [2.24, 2.45) is 0 Å². The van der Waals surface area contributed by atoms with Crippen molar-refractivity contribution >= 4 is 40.5 Å². The Bertz CT molecular complexity index is 886. The number of aryl methyl sites for hydroxylation is 1. The lowest BCUT2D eigenvalue weighted by Gasteiger charge is -2.28. The molecule has 2 aromatic carbocycles. The van der Waals surface area contributed by atoms with Gasteiger partial charge >= 0.3 is 0 Å². The highest BCUT2D eigenvalue weighted by atomic mass is 35.5. The molecule has 4 nitrogen and oxygen atoms in total. The van der Waals surface area contributed by atoms with Crippen molar-refractivity contribution in [1.29, 1.82) is 5.26 Å². The maximum atomic E-state index is 12.4. The van der Waals surface area contributed by atoms with Crippen molar-refractivity contribution in [2.75, 3.05) is 16.8 Å². The number of fused-ring (bicyclic) bond motifs is 1. The molecule has 3 rings (SSSR count). The van der Waals surface area contributed by atoms with Crippen molar-refractivity contribution in [3.8, 4) is 6.07 Å². The normalized spacial score (nSPS) is 13.8. The maximum absolute atomic E-state index is 12.4. The van der Waals surface area contributed by atoms with Crippen LogP contribution < -0.4 is 10.2 Å². The summed E-state index contributed by atoms with van der Waals surface area (Å²) in [6, 6.07) is 14.8. The first kappa shape index (κ1) is 17.3. The van der Waals surface area contributed by atoms with Crippen LogP contribution in [0.5, 0.6) is 0 Å². The Morgan fingerprint density at radius 1 is 1.20 bits per heavy atom. The SMILES string of the molecule is N#C/C(=C/N1CCCc2ccccc21)C(=O)Nc1ccc(Cl)c(Cl)c1. The van der Waals surface area contributed by atoms with Gasteiger partial charge in [0.25, 0.3) is 5.91 Å². The van der Waals surface area contributed by atoms with Crippen LogP contribution in [0.3, 0.4) is 0 Å². The molecule has 0 atom stereocenters. The average Bonchev–Trinajstić information content (AvgIpc) is 2.62. The highest BCUT2D eigenvalue weighted by Gasteiger charge is 2.18. The first-order valence-corrected chi connectivity index (χ1v) is 8.57. The van der Waals surface area contributed by atoms with Crippen molar-refractivity contribution < 1.29 is 4.79 Å². The average molecular weight is 372 g/mol. The van der Waals surface area contributed by atoms with E-state index in [0.717, 1.165) is 25.1 Å². The number of rotatable bonds is 3. The zero-order valence-corrected chi connectivity index (χ0v) is 14.8. The van der Waals surface area contributed by atoms with Gasteiger partial charge in [0.2, 0.25) is 0 Å². The van der Waals surface area contributed by atoms with E-state index in [1.165, 1.54) is 5.56 Å². The van der Waals surface area contributed by atoms with Crippen molar-refractivity contribution in [1.82, 2.24) is 0 Å². The van der Waals surface area contributed by atoms with Gasteiger partial charge in [0, 0.05) is 24.1 Å². The third-order valence-electron chi connectivity index (χ3n) is 3.97. The number of hydrogen-bond donors (Lipinski definition) is 1. The Kier molecular flexibility index (Phi) is 5.28. The minimum absolute atomic E-state index is 0.0303. The Hall–Kier alpha value is -2.48. The lowest BCUT2D eigenvalue weighted by atomic mass is 10.0. The minimum Gasteiger partial charge on any atom is -0.346 e. The number of hydrogen-bond acceptors (Lipinski definition) is 3. The van der Waals surface area contributed by atoms with E-state index in [-0.39, 0.29) is 5.57 Å². The number of nitrogens with zero attached hydrogens (tertiary/aromatic N) is 2. The molecule has 0 aromatic heterocycles. The van der Waals surface area contributed by atoms with E-state index < -0.39 is 5.91 Å². The van der Waals surface area contributed by atoms with E-state index >= 15 is 0 Å². The van der Waals surface area contributed by atoms with Crippen LogP contribution in [-0.2, 0) is 11.2 Å². The minimum atomic E-state index is -0.482. The van der Waals surface area contributed by atoms with Crippen LogP contribution in [0.2, 0.25) is 10.0 Å². The van der Waals surface area contributed by atoms with E-state index in [4.69, 9.17) is 23.2 Å².